The summed E-state index contributed by atoms with van der Waals surface area (Å²) >= 11 is 0. The molecule has 2 nitrogen and oxygen atoms in total. The molecule has 1 aliphatic heterocycles. The van der Waals surface area contributed by atoms with Gasteiger partial charge in [-0.15, -0.1) is 0 Å². The predicted molar refractivity (Wildman–Crippen MR) is 91.2 cm³/mol. The zero-order valence-corrected chi connectivity index (χ0v) is 13.3. The highest BCUT2D eigenvalue weighted by Gasteiger charge is 2.24. The van der Waals surface area contributed by atoms with Gasteiger partial charge in [0, 0.05) is 25.6 Å². The van der Waals surface area contributed by atoms with Gasteiger partial charge in [0.05, 0.1) is 13.2 Å². The molecule has 0 aromatic heterocycles. The van der Waals surface area contributed by atoms with Gasteiger partial charge in [0.15, 0.2) is 0 Å². The van der Waals surface area contributed by atoms with E-state index in [1.807, 2.05) is 0 Å². The van der Waals surface area contributed by atoms with Crippen molar-refractivity contribution in [3.63, 3.8) is 0 Å². The van der Waals surface area contributed by atoms with Crippen LogP contribution in [-0.4, -0.2) is 37.7 Å². The first-order chi connectivity index (χ1) is 10.8. The van der Waals surface area contributed by atoms with E-state index in [-0.39, 0.29) is 0 Å². The molecular weight excluding hydrogens is 270 g/mol. The maximum Gasteiger partial charge on any atom is 0.0594 e. The Balaban J connectivity index is 1.81. The number of rotatable bonds is 5. The van der Waals surface area contributed by atoms with E-state index >= 15 is 0 Å². The van der Waals surface area contributed by atoms with Crippen molar-refractivity contribution < 1.29 is 4.74 Å². The molecule has 2 aromatic rings. The van der Waals surface area contributed by atoms with Gasteiger partial charge in [-0.1, -0.05) is 67.6 Å². The molecule has 1 heterocycles. The minimum atomic E-state index is 0.449. The van der Waals surface area contributed by atoms with Crippen molar-refractivity contribution in [3.8, 4) is 0 Å². The van der Waals surface area contributed by atoms with Crippen molar-refractivity contribution in [2.24, 2.45) is 5.92 Å². The minimum absolute atomic E-state index is 0.449. The summed E-state index contributed by atoms with van der Waals surface area (Å²) in [5.74, 6) is 1.02. The summed E-state index contributed by atoms with van der Waals surface area (Å²) < 4.78 is 5.47. The molecule has 0 spiro atoms. The van der Waals surface area contributed by atoms with Crippen molar-refractivity contribution in [2.45, 2.75) is 12.8 Å². The van der Waals surface area contributed by atoms with E-state index in [9.17, 15) is 0 Å². The Bertz CT molecular complexity index is 509. The number of hydrogen-bond donors (Lipinski definition) is 0. The molecule has 0 unspecified atom stereocenters. The lowest BCUT2D eigenvalue weighted by Gasteiger charge is -2.33. The molecule has 0 N–H and O–H groups in total. The normalized spacial score (nSPS) is 17.5. The van der Waals surface area contributed by atoms with Crippen LogP contribution < -0.4 is 0 Å². The van der Waals surface area contributed by atoms with Crippen LogP contribution in [0.1, 0.15) is 24.0 Å². The third kappa shape index (κ3) is 3.76. The molecule has 1 aliphatic rings. The zero-order chi connectivity index (χ0) is 15.2. The van der Waals surface area contributed by atoms with Gasteiger partial charge in [0.25, 0.3) is 0 Å². The summed E-state index contributed by atoms with van der Waals surface area (Å²) in [6.45, 7) is 7.35. The summed E-state index contributed by atoms with van der Waals surface area (Å²) in [5.41, 5.74) is 2.82. The largest absolute Gasteiger partial charge is 0.379 e. The molecule has 0 amide bonds. The zero-order valence-electron chi connectivity index (χ0n) is 13.3. The second kappa shape index (κ2) is 7.57. The fraction of sp³-hybridized carbons (Fsp3) is 0.400. The molecule has 0 bridgehead atoms. The highest BCUT2D eigenvalue weighted by molar-refractivity contribution is 5.33. The monoisotopic (exact) mass is 295 g/mol. The lowest BCUT2D eigenvalue weighted by atomic mass is 9.81. The average molecular weight is 295 g/mol. The Morgan fingerprint density at radius 1 is 0.864 bits per heavy atom. The standard InChI is InChI=1S/C20H25NO/c1-17(16-21-12-14-22-15-13-21)20(18-8-4-2-5-9-18)19-10-6-3-7-11-19/h2-11,17,20H,12-16H2,1H3/t17-/m0/s1. The number of morpholine rings is 1. The molecule has 1 atom stereocenters. The highest BCUT2D eigenvalue weighted by Crippen LogP contribution is 2.32. The molecule has 116 valence electrons. The van der Waals surface area contributed by atoms with Gasteiger partial charge >= 0.3 is 0 Å². The van der Waals surface area contributed by atoms with E-state index in [0.29, 0.717) is 11.8 Å². The molecule has 3 rings (SSSR count). The second-order valence-corrected chi connectivity index (χ2v) is 6.19. The SMILES string of the molecule is C[C@@H](CN1CCOCC1)C(c1ccccc1)c1ccccc1. The first-order valence-electron chi connectivity index (χ1n) is 8.24. The van der Waals surface area contributed by atoms with Crippen LogP contribution in [0.25, 0.3) is 0 Å². The second-order valence-electron chi connectivity index (χ2n) is 6.19. The first-order valence-corrected chi connectivity index (χ1v) is 8.24. The van der Waals surface area contributed by atoms with E-state index in [0.717, 1.165) is 32.8 Å². The van der Waals surface area contributed by atoms with Crippen LogP contribution in [0.15, 0.2) is 60.7 Å². The molecule has 0 saturated carbocycles. The molecule has 0 radical (unpaired) electrons. The van der Waals surface area contributed by atoms with Crippen LogP contribution in [0.4, 0.5) is 0 Å². The van der Waals surface area contributed by atoms with Gasteiger partial charge in [-0.05, 0) is 17.0 Å². The van der Waals surface area contributed by atoms with Crippen LogP contribution in [0.3, 0.4) is 0 Å². The molecule has 22 heavy (non-hydrogen) atoms. The van der Waals surface area contributed by atoms with Gasteiger partial charge < -0.3 is 4.74 Å². The Morgan fingerprint density at radius 2 is 1.36 bits per heavy atom. The lowest BCUT2D eigenvalue weighted by Crippen LogP contribution is -2.40. The van der Waals surface area contributed by atoms with E-state index in [1.165, 1.54) is 11.1 Å². The fourth-order valence-corrected chi connectivity index (χ4v) is 3.47. The van der Waals surface area contributed by atoms with E-state index < -0.39 is 0 Å². The third-order valence-corrected chi connectivity index (χ3v) is 4.54. The van der Waals surface area contributed by atoms with Crippen LogP contribution in [0, 0.1) is 5.92 Å². The van der Waals surface area contributed by atoms with Gasteiger partial charge in [-0.2, -0.15) is 0 Å². The molecule has 2 heteroatoms. The van der Waals surface area contributed by atoms with Crippen molar-refractivity contribution in [1.29, 1.82) is 0 Å². The molecule has 1 fully saturated rings. The van der Waals surface area contributed by atoms with Crippen molar-refractivity contribution in [1.82, 2.24) is 4.90 Å². The van der Waals surface area contributed by atoms with Gasteiger partial charge in [0.2, 0.25) is 0 Å². The van der Waals surface area contributed by atoms with Gasteiger partial charge in [-0.3, -0.25) is 4.90 Å². The predicted octanol–water partition coefficient (Wildman–Crippen LogP) is 3.79. The Kier molecular flexibility index (Phi) is 5.25. The Labute approximate surface area is 133 Å². The number of hydrogen-bond acceptors (Lipinski definition) is 2. The van der Waals surface area contributed by atoms with Gasteiger partial charge in [0.1, 0.15) is 0 Å². The molecular formula is C20H25NO. The average Bonchev–Trinajstić information content (AvgIpc) is 2.58. The minimum Gasteiger partial charge on any atom is -0.379 e. The van der Waals surface area contributed by atoms with E-state index in [2.05, 4.69) is 72.5 Å². The van der Waals surface area contributed by atoms with Crippen molar-refractivity contribution in [3.05, 3.63) is 71.8 Å². The third-order valence-electron chi connectivity index (χ3n) is 4.54. The quantitative estimate of drug-likeness (QED) is 0.832. The van der Waals surface area contributed by atoms with Crippen molar-refractivity contribution in [2.75, 3.05) is 32.8 Å². The van der Waals surface area contributed by atoms with Gasteiger partial charge in [-0.25, -0.2) is 0 Å². The molecule has 0 aliphatic carbocycles. The van der Waals surface area contributed by atoms with Crippen LogP contribution in [-0.2, 0) is 4.74 Å². The fourth-order valence-electron chi connectivity index (χ4n) is 3.47. The summed E-state index contributed by atoms with van der Waals surface area (Å²) in [6.07, 6.45) is 0. The van der Waals surface area contributed by atoms with Crippen LogP contribution >= 0.6 is 0 Å². The maximum atomic E-state index is 5.47. The van der Waals surface area contributed by atoms with E-state index in [4.69, 9.17) is 4.74 Å². The molecule has 2 aromatic carbocycles. The summed E-state index contributed by atoms with van der Waals surface area (Å²) in [6, 6.07) is 21.8. The number of nitrogens with zero attached hydrogens (tertiary/aromatic N) is 1. The first kappa shape index (κ1) is 15.3. The Morgan fingerprint density at radius 3 is 1.86 bits per heavy atom. The maximum absolute atomic E-state index is 5.47. The topological polar surface area (TPSA) is 12.5 Å². The summed E-state index contributed by atoms with van der Waals surface area (Å²) in [7, 11) is 0. The Hall–Kier alpha value is -1.64. The number of ether oxygens (including phenoxy) is 1. The van der Waals surface area contributed by atoms with Crippen LogP contribution in [0.5, 0.6) is 0 Å². The van der Waals surface area contributed by atoms with E-state index in [1.54, 1.807) is 0 Å². The molecule has 1 saturated heterocycles. The van der Waals surface area contributed by atoms with Crippen LogP contribution in [0.2, 0.25) is 0 Å². The lowest BCUT2D eigenvalue weighted by molar-refractivity contribution is 0.0308. The number of benzene rings is 2. The summed E-state index contributed by atoms with van der Waals surface area (Å²) in [5, 5.41) is 0. The smallest absolute Gasteiger partial charge is 0.0594 e. The highest BCUT2D eigenvalue weighted by atomic mass is 16.5. The van der Waals surface area contributed by atoms with Crippen molar-refractivity contribution >= 4 is 0 Å². The summed E-state index contributed by atoms with van der Waals surface area (Å²) in [4.78, 5) is 2.53.